The molecule has 1 aromatic carbocycles. The minimum absolute atomic E-state index is 0.130. The van der Waals surface area contributed by atoms with Gasteiger partial charge in [0.25, 0.3) is 0 Å². The lowest BCUT2D eigenvalue weighted by Gasteiger charge is -2.18. The van der Waals surface area contributed by atoms with Crippen molar-refractivity contribution in [3.05, 3.63) is 63.6 Å². The van der Waals surface area contributed by atoms with E-state index in [1.165, 1.54) is 18.3 Å². The van der Waals surface area contributed by atoms with Crippen molar-refractivity contribution in [1.29, 1.82) is 0 Å². The van der Waals surface area contributed by atoms with Gasteiger partial charge in [-0.1, -0.05) is 0 Å². The summed E-state index contributed by atoms with van der Waals surface area (Å²) in [6, 6.07) is 3.05. The number of rotatable bonds is 4. The maximum absolute atomic E-state index is 13.9. The van der Waals surface area contributed by atoms with Crippen LogP contribution in [-0.4, -0.2) is 4.98 Å². The predicted molar refractivity (Wildman–Crippen MR) is 72.0 cm³/mol. The van der Waals surface area contributed by atoms with Crippen LogP contribution in [0.15, 0.2) is 35.1 Å². The summed E-state index contributed by atoms with van der Waals surface area (Å²) in [7, 11) is 0. The number of pyridine rings is 1. The van der Waals surface area contributed by atoms with Crippen molar-refractivity contribution in [2.24, 2.45) is 5.84 Å². The second kappa shape index (κ2) is 6.34. The second-order valence-electron chi connectivity index (χ2n) is 4.14. The van der Waals surface area contributed by atoms with Gasteiger partial charge in [-0.2, -0.15) is 0 Å². The molecule has 0 amide bonds. The van der Waals surface area contributed by atoms with Crippen molar-refractivity contribution >= 4 is 15.9 Å². The van der Waals surface area contributed by atoms with Crippen molar-refractivity contribution in [2.45, 2.75) is 12.5 Å². The highest BCUT2D eigenvalue weighted by Crippen LogP contribution is 2.27. The Labute approximate surface area is 122 Å². The van der Waals surface area contributed by atoms with Gasteiger partial charge in [0.05, 0.1) is 16.7 Å². The molecule has 0 aliphatic heterocycles. The number of hydrogen-bond acceptors (Lipinski definition) is 3. The third kappa shape index (κ3) is 3.00. The first-order valence-electron chi connectivity index (χ1n) is 5.72. The molecule has 0 saturated carbocycles. The minimum atomic E-state index is -0.767. The van der Waals surface area contributed by atoms with Crippen LogP contribution in [0.5, 0.6) is 0 Å². The smallest absolute Gasteiger partial charge is 0.146 e. The van der Waals surface area contributed by atoms with Gasteiger partial charge in [0.2, 0.25) is 0 Å². The largest absolute Gasteiger partial charge is 0.271 e. The van der Waals surface area contributed by atoms with Crippen LogP contribution in [0.2, 0.25) is 0 Å². The molecule has 106 valence electrons. The van der Waals surface area contributed by atoms with Crippen LogP contribution in [0.3, 0.4) is 0 Å². The van der Waals surface area contributed by atoms with Gasteiger partial charge in [-0.25, -0.2) is 13.2 Å². The molecule has 0 bridgehead atoms. The van der Waals surface area contributed by atoms with E-state index in [2.05, 4.69) is 26.3 Å². The number of aromatic nitrogens is 1. The number of hydrogen-bond donors (Lipinski definition) is 2. The van der Waals surface area contributed by atoms with Gasteiger partial charge < -0.3 is 0 Å². The van der Waals surface area contributed by atoms with Crippen molar-refractivity contribution < 1.29 is 13.2 Å². The summed E-state index contributed by atoms with van der Waals surface area (Å²) < 4.78 is 41.4. The molecule has 0 aliphatic carbocycles. The first-order valence-corrected chi connectivity index (χ1v) is 6.51. The van der Waals surface area contributed by atoms with E-state index in [4.69, 9.17) is 5.84 Å². The fourth-order valence-corrected chi connectivity index (χ4v) is 2.26. The van der Waals surface area contributed by atoms with Gasteiger partial charge in [-0.3, -0.25) is 16.3 Å². The first kappa shape index (κ1) is 15.0. The number of benzene rings is 1. The van der Waals surface area contributed by atoms with Gasteiger partial charge in [0.1, 0.15) is 17.5 Å². The van der Waals surface area contributed by atoms with Crippen molar-refractivity contribution in [1.82, 2.24) is 10.4 Å². The number of hydrazine groups is 1. The molecule has 1 unspecified atom stereocenters. The summed E-state index contributed by atoms with van der Waals surface area (Å²) in [6.07, 6.45) is 2.28. The summed E-state index contributed by atoms with van der Waals surface area (Å²) in [5.41, 5.74) is 2.39. The fourth-order valence-electron chi connectivity index (χ4n) is 1.89. The van der Waals surface area contributed by atoms with Crippen molar-refractivity contribution in [3.8, 4) is 0 Å². The van der Waals surface area contributed by atoms with Gasteiger partial charge >= 0.3 is 0 Å². The molecule has 0 saturated heterocycles. The molecule has 1 aromatic heterocycles. The van der Waals surface area contributed by atoms with Crippen LogP contribution in [0.25, 0.3) is 0 Å². The maximum Gasteiger partial charge on any atom is 0.146 e. The first-order chi connectivity index (χ1) is 9.54. The Bertz CT molecular complexity index is 622. The Kier molecular flexibility index (Phi) is 4.74. The number of nitrogens with zero attached hydrogens (tertiary/aromatic N) is 1. The van der Waals surface area contributed by atoms with Gasteiger partial charge in [-0.05, 0) is 40.5 Å². The Morgan fingerprint density at radius 1 is 1.20 bits per heavy atom. The second-order valence-corrected chi connectivity index (χ2v) is 5.00. The Hall–Kier alpha value is -1.44. The van der Waals surface area contributed by atoms with Gasteiger partial charge in [0, 0.05) is 17.3 Å². The average Bonchev–Trinajstić information content (AvgIpc) is 2.45. The summed E-state index contributed by atoms with van der Waals surface area (Å²) >= 11 is 2.99. The molecule has 0 fully saturated rings. The topological polar surface area (TPSA) is 50.9 Å². The van der Waals surface area contributed by atoms with Crippen LogP contribution in [-0.2, 0) is 6.42 Å². The van der Waals surface area contributed by atoms with E-state index >= 15 is 0 Å². The molecule has 0 spiro atoms. The average molecular weight is 346 g/mol. The maximum atomic E-state index is 13.9. The van der Waals surface area contributed by atoms with E-state index in [0.717, 1.165) is 12.3 Å². The van der Waals surface area contributed by atoms with Crippen LogP contribution < -0.4 is 11.3 Å². The lowest BCUT2D eigenvalue weighted by Crippen LogP contribution is -2.30. The van der Waals surface area contributed by atoms with E-state index in [1.54, 1.807) is 0 Å². The molecule has 3 nitrogen and oxygen atoms in total. The monoisotopic (exact) mass is 345 g/mol. The predicted octanol–water partition coefficient (Wildman–Crippen LogP) is 3.01. The Morgan fingerprint density at radius 3 is 2.60 bits per heavy atom. The summed E-state index contributed by atoms with van der Waals surface area (Å²) in [6.45, 7) is 0. The molecular formula is C13H11BrF3N3. The molecule has 2 aromatic rings. The zero-order chi connectivity index (χ0) is 14.7. The summed E-state index contributed by atoms with van der Waals surface area (Å²) in [5.74, 6) is 3.34. The third-order valence-corrected chi connectivity index (χ3v) is 3.54. The highest BCUT2D eigenvalue weighted by atomic mass is 79.9. The van der Waals surface area contributed by atoms with E-state index in [0.29, 0.717) is 0 Å². The minimum Gasteiger partial charge on any atom is -0.271 e. The molecular weight excluding hydrogens is 335 g/mol. The molecule has 1 atom stereocenters. The van der Waals surface area contributed by atoms with Crippen LogP contribution in [0.4, 0.5) is 13.2 Å². The molecule has 2 rings (SSSR count). The molecule has 3 N–H and O–H groups in total. The van der Waals surface area contributed by atoms with Crippen LogP contribution >= 0.6 is 15.9 Å². The molecule has 7 heteroatoms. The van der Waals surface area contributed by atoms with Crippen molar-refractivity contribution in [3.63, 3.8) is 0 Å². The molecule has 0 aliphatic rings. The van der Waals surface area contributed by atoms with E-state index < -0.39 is 23.5 Å². The zero-order valence-electron chi connectivity index (χ0n) is 10.2. The highest BCUT2D eigenvalue weighted by Gasteiger charge is 2.20. The fraction of sp³-hybridized carbons (Fsp3) is 0.154. The number of halogens is 4. The third-order valence-electron chi connectivity index (χ3n) is 2.93. The van der Waals surface area contributed by atoms with E-state index in [-0.39, 0.29) is 22.0 Å². The lowest BCUT2D eigenvalue weighted by atomic mass is 9.99. The van der Waals surface area contributed by atoms with Crippen LogP contribution in [0.1, 0.15) is 17.2 Å². The van der Waals surface area contributed by atoms with Crippen LogP contribution in [0, 0.1) is 17.5 Å². The van der Waals surface area contributed by atoms with Gasteiger partial charge in [-0.15, -0.1) is 0 Å². The quantitative estimate of drug-likeness (QED) is 0.508. The Morgan fingerprint density at radius 2 is 1.95 bits per heavy atom. The summed E-state index contributed by atoms with van der Waals surface area (Å²) in [4.78, 5) is 3.62. The molecule has 1 heterocycles. The summed E-state index contributed by atoms with van der Waals surface area (Å²) in [5, 5.41) is 0. The standard InChI is InChI=1S/C13H11BrF3N3/c14-9-1-2-10(15)8(13(9)17)5-12(20-18)7-3-4-19-6-11(7)16/h1-4,6,12,20H,5,18H2. The SMILES string of the molecule is NNC(Cc1c(F)ccc(Br)c1F)c1ccncc1F. The molecule has 0 radical (unpaired) electrons. The number of nitrogens with one attached hydrogen (secondary N) is 1. The van der Waals surface area contributed by atoms with E-state index in [1.807, 2.05) is 0 Å². The van der Waals surface area contributed by atoms with E-state index in [9.17, 15) is 13.2 Å². The Balaban J connectivity index is 2.37. The normalized spacial score (nSPS) is 12.4. The van der Waals surface area contributed by atoms with Gasteiger partial charge in [0.15, 0.2) is 0 Å². The molecule has 20 heavy (non-hydrogen) atoms. The zero-order valence-corrected chi connectivity index (χ0v) is 11.8. The van der Waals surface area contributed by atoms with Crippen molar-refractivity contribution in [2.75, 3.05) is 0 Å². The highest BCUT2D eigenvalue weighted by molar-refractivity contribution is 9.10. The lowest BCUT2D eigenvalue weighted by molar-refractivity contribution is 0.478. The number of nitrogens with two attached hydrogens (primary N) is 1.